The number of fused-ring (bicyclic) bond motifs is 1. The van der Waals surface area contributed by atoms with Crippen molar-refractivity contribution in [3.8, 4) is 5.88 Å². The Morgan fingerprint density at radius 2 is 1.85 bits per heavy atom. The second kappa shape index (κ2) is 7.31. The molecule has 7 heteroatoms. The molecule has 0 saturated carbocycles. The Labute approximate surface area is 159 Å². The van der Waals surface area contributed by atoms with E-state index in [1.807, 2.05) is 4.57 Å². The van der Waals surface area contributed by atoms with E-state index in [4.69, 9.17) is 9.57 Å². The summed E-state index contributed by atoms with van der Waals surface area (Å²) in [5.41, 5.74) is 0.0243. The van der Waals surface area contributed by atoms with Crippen LogP contribution in [-0.4, -0.2) is 41.8 Å². The Bertz CT molecular complexity index is 910. The number of amides is 1. The Morgan fingerprint density at radius 1 is 1.22 bits per heavy atom. The highest BCUT2D eigenvalue weighted by Crippen LogP contribution is 2.34. The van der Waals surface area contributed by atoms with Gasteiger partial charge in [-0.1, -0.05) is 20.8 Å². The molecule has 27 heavy (non-hydrogen) atoms. The van der Waals surface area contributed by atoms with E-state index in [9.17, 15) is 9.59 Å². The summed E-state index contributed by atoms with van der Waals surface area (Å²) in [6, 6.07) is 1.73. The molecule has 1 amide bonds. The highest BCUT2D eigenvalue weighted by molar-refractivity contribution is 5.96. The molecule has 2 aromatic rings. The lowest BCUT2D eigenvalue weighted by molar-refractivity contribution is -0.0758. The van der Waals surface area contributed by atoms with Gasteiger partial charge in [0.1, 0.15) is 5.56 Å². The Morgan fingerprint density at radius 3 is 2.37 bits per heavy atom. The molecule has 0 fully saturated rings. The zero-order valence-corrected chi connectivity index (χ0v) is 17.4. The first-order chi connectivity index (χ1) is 12.4. The lowest BCUT2D eigenvalue weighted by Gasteiger charge is -2.36. The first-order valence-corrected chi connectivity index (χ1v) is 8.83. The average molecular weight is 375 g/mol. The monoisotopic (exact) mass is 375 g/mol. The third-order valence-electron chi connectivity index (χ3n) is 4.48. The highest BCUT2D eigenvalue weighted by atomic mass is 16.7. The van der Waals surface area contributed by atoms with Crippen molar-refractivity contribution in [2.45, 2.75) is 46.6 Å². The number of nitrogens with zero attached hydrogens (tertiary/aromatic N) is 3. The van der Waals surface area contributed by atoms with Crippen molar-refractivity contribution in [2.24, 2.45) is 5.41 Å². The van der Waals surface area contributed by atoms with Crippen LogP contribution in [0.4, 0.5) is 0 Å². The zero-order chi connectivity index (χ0) is 20.6. The fraction of sp³-hybridized carbons (Fsp3) is 0.550. The molecule has 0 aliphatic rings. The summed E-state index contributed by atoms with van der Waals surface area (Å²) in [5.74, 6) is -0.0872. The first-order valence-electron chi connectivity index (χ1n) is 8.83. The molecule has 2 heterocycles. The summed E-state index contributed by atoms with van der Waals surface area (Å²) >= 11 is 0. The summed E-state index contributed by atoms with van der Waals surface area (Å²) in [5, 5.41) is 1.41. The molecule has 0 aromatic carbocycles. The lowest BCUT2D eigenvalue weighted by atomic mass is 9.81. The minimum absolute atomic E-state index is 0.0424. The summed E-state index contributed by atoms with van der Waals surface area (Å²) in [6.45, 7) is 10.7. The normalized spacial score (nSPS) is 12.3. The molecule has 0 unspecified atom stereocenters. The number of rotatable bonds is 5. The van der Waals surface area contributed by atoms with Crippen LogP contribution in [0.3, 0.4) is 0 Å². The molecule has 0 spiro atoms. The van der Waals surface area contributed by atoms with Crippen LogP contribution in [0.2, 0.25) is 0 Å². The quantitative estimate of drug-likeness (QED) is 0.750. The van der Waals surface area contributed by atoms with E-state index in [0.29, 0.717) is 16.8 Å². The zero-order valence-electron chi connectivity index (χ0n) is 17.4. The van der Waals surface area contributed by atoms with E-state index in [1.54, 1.807) is 12.3 Å². The van der Waals surface area contributed by atoms with Gasteiger partial charge in [-0.3, -0.25) is 14.4 Å². The third kappa shape index (κ3) is 4.30. The molecule has 148 valence electrons. The van der Waals surface area contributed by atoms with Crippen molar-refractivity contribution in [2.75, 3.05) is 21.3 Å². The van der Waals surface area contributed by atoms with Crippen LogP contribution in [0.1, 0.15) is 51.4 Å². The van der Waals surface area contributed by atoms with Gasteiger partial charge in [0.05, 0.1) is 25.1 Å². The van der Waals surface area contributed by atoms with Gasteiger partial charge >= 0.3 is 0 Å². The van der Waals surface area contributed by atoms with E-state index in [-0.39, 0.29) is 21.9 Å². The number of carbonyl (C=O) groups is 1. The lowest BCUT2D eigenvalue weighted by Crippen LogP contribution is -2.36. The van der Waals surface area contributed by atoms with Crippen LogP contribution in [0.25, 0.3) is 10.9 Å². The Balaban J connectivity index is 2.85. The molecule has 0 radical (unpaired) electrons. The predicted octanol–water partition coefficient (Wildman–Crippen LogP) is 3.21. The van der Waals surface area contributed by atoms with Crippen LogP contribution < -0.4 is 10.2 Å². The number of ether oxygens (including phenoxy) is 1. The van der Waals surface area contributed by atoms with E-state index >= 15 is 0 Å². The van der Waals surface area contributed by atoms with Crippen molar-refractivity contribution >= 4 is 16.8 Å². The van der Waals surface area contributed by atoms with Crippen molar-refractivity contribution in [1.29, 1.82) is 0 Å². The molecular weight excluding hydrogens is 346 g/mol. The smallest absolute Gasteiger partial charge is 0.282 e. The van der Waals surface area contributed by atoms with Crippen molar-refractivity contribution in [3.63, 3.8) is 0 Å². The standard InChI is InChI=1S/C20H29N3O4/c1-19(2,3)12-20(4,5)23-11-14(18(25)22(6)27-8)17(24)13-10-21-16(26-7)9-15(13)23/h9-11H,12H2,1-8H3. The third-order valence-corrected chi connectivity index (χ3v) is 4.48. The largest absolute Gasteiger partial charge is 0.481 e. The second-order valence-corrected chi connectivity index (χ2v) is 8.52. The number of pyridine rings is 2. The Hall–Kier alpha value is -2.41. The molecule has 7 nitrogen and oxygen atoms in total. The maximum absolute atomic E-state index is 13.0. The summed E-state index contributed by atoms with van der Waals surface area (Å²) < 4.78 is 7.21. The van der Waals surface area contributed by atoms with Crippen LogP contribution in [-0.2, 0) is 10.4 Å². The van der Waals surface area contributed by atoms with Gasteiger partial charge < -0.3 is 9.30 Å². The van der Waals surface area contributed by atoms with Gasteiger partial charge in [0.2, 0.25) is 11.3 Å². The molecule has 0 atom stereocenters. The number of hydroxylamine groups is 2. The van der Waals surface area contributed by atoms with Crippen molar-refractivity contribution < 1.29 is 14.4 Å². The van der Waals surface area contributed by atoms with E-state index in [2.05, 4.69) is 39.6 Å². The maximum atomic E-state index is 13.0. The number of carbonyl (C=O) groups excluding carboxylic acids is 1. The van der Waals surface area contributed by atoms with Gasteiger partial charge in [0.15, 0.2) is 0 Å². The molecule has 0 aliphatic heterocycles. The molecule has 0 saturated heterocycles. The van der Waals surface area contributed by atoms with Gasteiger partial charge in [0, 0.05) is 31.0 Å². The van der Waals surface area contributed by atoms with Crippen molar-refractivity contribution in [1.82, 2.24) is 14.6 Å². The number of hydrogen-bond donors (Lipinski definition) is 0. The minimum Gasteiger partial charge on any atom is -0.481 e. The minimum atomic E-state index is -0.500. The molecule has 0 aliphatic carbocycles. The van der Waals surface area contributed by atoms with Gasteiger partial charge in [-0.2, -0.15) is 0 Å². The molecule has 0 N–H and O–H groups in total. The summed E-state index contributed by atoms with van der Waals surface area (Å²) in [4.78, 5) is 34.8. The molecular formula is C20H29N3O4. The van der Waals surface area contributed by atoms with E-state index in [0.717, 1.165) is 11.5 Å². The first kappa shape index (κ1) is 20.9. The Kier molecular flexibility index (Phi) is 5.65. The van der Waals surface area contributed by atoms with Gasteiger partial charge in [-0.15, -0.1) is 0 Å². The van der Waals surface area contributed by atoms with Crippen LogP contribution >= 0.6 is 0 Å². The van der Waals surface area contributed by atoms with Crippen LogP contribution in [0.15, 0.2) is 23.3 Å². The van der Waals surface area contributed by atoms with Gasteiger partial charge in [-0.05, 0) is 25.7 Å². The summed E-state index contributed by atoms with van der Waals surface area (Å²) in [7, 11) is 4.39. The van der Waals surface area contributed by atoms with Crippen LogP contribution in [0, 0.1) is 5.41 Å². The average Bonchev–Trinajstić information content (AvgIpc) is 2.58. The molecule has 0 bridgehead atoms. The second-order valence-electron chi connectivity index (χ2n) is 8.52. The fourth-order valence-electron chi connectivity index (χ4n) is 3.60. The van der Waals surface area contributed by atoms with Crippen molar-refractivity contribution in [3.05, 3.63) is 34.2 Å². The fourth-order valence-corrected chi connectivity index (χ4v) is 3.60. The number of methoxy groups -OCH3 is 1. The predicted molar refractivity (Wildman–Crippen MR) is 105 cm³/mol. The van der Waals surface area contributed by atoms with E-state index < -0.39 is 5.91 Å². The maximum Gasteiger partial charge on any atom is 0.282 e. The molecule has 2 rings (SSSR count). The SMILES string of the molecule is COc1cc2c(cn1)c(=O)c(C(=O)N(C)OC)cn2C(C)(C)CC(C)(C)C. The topological polar surface area (TPSA) is 73.7 Å². The van der Waals surface area contributed by atoms with Gasteiger partial charge in [0.25, 0.3) is 5.91 Å². The number of aromatic nitrogens is 2. The molecule has 2 aromatic heterocycles. The van der Waals surface area contributed by atoms with Gasteiger partial charge in [-0.25, -0.2) is 10.0 Å². The van der Waals surface area contributed by atoms with Crippen LogP contribution in [0.5, 0.6) is 5.88 Å². The number of hydrogen-bond acceptors (Lipinski definition) is 5. The van der Waals surface area contributed by atoms with E-state index in [1.165, 1.54) is 27.5 Å². The summed E-state index contributed by atoms with van der Waals surface area (Å²) in [6.07, 6.45) is 3.91. The highest BCUT2D eigenvalue weighted by Gasteiger charge is 2.30.